The lowest BCUT2D eigenvalue weighted by Crippen LogP contribution is -2.48. The van der Waals surface area contributed by atoms with Gasteiger partial charge in [-0.15, -0.1) is 0 Å². The molecule has 0 spiro atoms. The van der Waals surface area contributed by atoms with Crippen LogP contribution in [0.15, 0.2) is 42.5 Å². The topological polar surface area (TPSA) is 75.8 Å². The smallest absolute Gasteiger partial charge is 0.268 e. The van der Waals surface area contributed by atoms with Gasteiger partial charge < -0.3 is 20.5 Å². The third-order valence-electron chi connectivity index (χ3n) is 4.26. The van der Waals surface area contributed by atoms with Gasteiger partial charge in [0.1, 0.15) is 5.75 Å². The summed E-state index contributed by atoms with van der Waals surface area (Å²) >= 11 is 0. The zero-order valence-electron chi connectivity index (χ0n) is 13.7. The highest BCUT2D eigenvalue weighted by molar-refractivity contribution is 6.00. The molecule has 3 N–H and O–H groups in total. The largest absolute Gasteiger partial charge is 0.478 e. The second-order valence-electron chi connectivity index (χ2n) is 5.92. The fraction of sp³-hybridized carbons (Fsp3) is 0.316. The summed E-state index contributed by atoms with van der Waals surface area (Å²) in [5, 5.41) is 9.30. The van der Waals surface area contributed by atoms with Crippen molar-refractivity contribution in [3.05, 3.63) is 53.6 Å². The van der Waals surface area contributed by atoms with E-state index in [2.05, 4.69) is 19.1 Å². The van der Waals surface area contributed by atoms with Crippen molar-refractivity contribution in [2.24, 2.45) is 0 Å². The fourth-order valence-electron chi connectivity index (χ4n) is 2.93. The quantitative estimate of drug-likeness (QED) is 0.826. The molecule has 0 radical (unpaired) electrons. The Balaban J connectivity index is 1.86. The maximum atomic E-state index is 12.8. The van der Waals surface area contributed by atoms with Crippen molar-refractivity contribution in [1.82, 2.24) is 0 Å². The summed E-state index contributed by atoms with van der Waals surface area (Å²) in [7, 11) is 0. The van der Waals surface area contributed by atoms with Crippen molar-refractivity contribution in [2.45, 2.75) is 25.9 Å². The van der Waals surface area contributed by atoms with Gasteiger partial charge >= 0.3 is 0 Å². The van der Waals surface area contributed by atoms with Crippen LogP contribution in [-0.2, 0) is 17.6 Å². The minimum Gasteiger partial charge on any atom is -0.478 e. The van der Waals surface area contributed by atoms with E-state index in [9.17, 15) is 9.90 Å². The van der Waals surface area contributed by atoms with Gasteiger partial charge in [0.15, 0.2) is 6.10 Å². The molecule has 0 fully saturated rings. The van der Waals surface area contributed by atoms with Crippen molar-refractivity contribution < 1.29 is 14.6 Å². The summed E-state index contributed by atoms with van der Waals surface area (Å²) in [4.78, 5) is 14.3. The monoisotopic (exact) mass is 326 g/mol. The van der Waals surface area contributed by atoms with Crippen LogP contribution < -0.4 is 15.4 Å². The van der Waals surface area contributed by atoms with Crippen molar-refractivity contribution in [3.63, 3.8) is 0 Å². The number of rotatable bonds is 5. The molecule has 2 aromatic carbocycles. The molecule has 1 aliphatic heterocycles. The number of benzene rings is 2. The summed E-state index contributed by atoms with van der Waals surface area (Å²) in [5.41, 5.74) is 9.30. The number of hydrogen-bond acceptors (Lipinski definition) is 4. The van der Waals surface area contributed by atoms with Gasteiger partial charge in [-0.3, -0.25) is 4.79 Å². The van der Waals surface area contributed by atoms with Crippen LogP contribution in [0, 0.1) is 0 Å². The predicted octanol–water partition coefficient (Wildman–Crippen LogP) is 2.16. The number of carbonyl (C=O) groups is 1. The van der Waals surface area contributed by atoms with Crippen molar-refractivity contribution in [1.29, 1.82) is 0 Å². The highest BCUT2D eigenvalue weighted by Crippen LogP contribution is 2.36. The third-order valence-corrected chi connectivity index (χ3v) is 4.26. The first-order valence-corrected chi connectivity index (χ1v) is 8.18. The molecule has 0 aliphatic carbocycles. The molecule has 0 saturated heterocycles. The molecule has 1 atom stereocenters. The van der Waals surface area contributed by atoms with E-state index >= 15 is 0 Å². The average molecular weight is 326 g/mol. The van der Waals surface area contributed by atoms with Crippen LogP contribution in [0.2, 0.25) is 0 Å². The van der Waals surface area contributed by atoms with E-state index in [1.54, 1.807) is 23.1 Å². The number of fused-ring (bicyclic) bond motifs is 1. The molecule has 3 rings (SSSR count). The maximum Gasteiger partial charge on any atom is 0.268 e. The molecule has 2 aromatic rings. The first-order valence-electron chi connectivity index (χ1n) is 8.18. The minimum absolute atomic E-state index is 0.113. The number of aryl methyl sites for hydroxylation is 1. The number of β-amino-alcohol motifs (C(OH)–C–C–N with tert-alkyl or cyclic N) is 1. The molecule has 24 heavy (non-hydrogen) atoms. The Kier molecular flexibility index (Phi) is 4.71. The molecular formula is C19H22N2O3. The van der Waals surface area contributed by atoms with Gasteiger partial charge in [0.05, 0.1) is 12.3 Å². The molecule has 1 unspecified atom stereocenters. The fourth-order valence-corrected chi connectivity index (χ4v) is 2.93. The zero-order valence-corrected chi connectivity index (χ0v) is 13.7. The number of amides is 1. The van der Waals surface area contributed by atoms with Gasteiger partial charge in [-0.2, -0.15) is 0 Å². The average Bonchev–Trinajstić information content (AvgIpc) is 2.60. The number of aliphatic hydroxyl groups excluding tert-OH is 1. The van der Waals surface area contributed by atoms with E-state index in [0.717, 1.165) is 12.0 Å². The number of nitrogen functional groups attached to an aromatic ring is 1. The van der Waals surface area contributed by atoms with E-state index in [0.29, 0.717) is 23.5 Å². The summed E-state index contributed by atoms with van der Waals surface area (Å²) < 4.78 is 5.91. The molecular weight excluding hydrogens is 304 g/mol. The number of ether oxygens (including phenoxy) is 1. The highest BCUT2D eigenvalue weighted by Gasteiger charge is 2.34. The molecule has 1 aliphatic rings. The van der Waals surface area contributed by atoms with Gasteiger partial charge in [0, 0.05) is 18.7 Å². The molecule has 5 heteroatoms. The molecule has 0 bridgehead atoms. The van der Waals surface area contributed by atoms with Crippen molar-refractivity contribution in [2.75, 3.05) is 23.8 Å². The van der Waals surface area contributed by atoms with Gasteiger partial charge in [0.2, 0.25) is 0 Å². The van der Waals surface area contributed by atoms with Gasteiger partial charge in [0.25, 0.3) is 5.91 Å². The van der Waals surface area contributed by atoms with Crippen LogP contribution in [0.1, 0.15) is 18.1 Å². The predicted molar refractivity (Wildman–Crippen MR) is 94.2 cm³/mol. The Labute approximate surface area is 141 Å². The van der Waals surface area contributed by atoms with Gasteiger partial charge in [-0.1, -0.05) is 31.2 Å². The second kappa shape index (κ2) is 6.93. The first kappa shape index (κ1) is 16.3. The van der Waals surface area contributed by atoms with E-state index in [4.69, 9.17) is 10.5 Å². The Bertz CT molecular complexity index is 728. The Morgan fingerprint density at radius 2 is 1.88 bits per heavy atom. The zero-order chi connectivity index (χ0) is 17.1. The molecule has 0 aromatic heterocycles. The van der Waals surface area contributed by atoms with E-state index in [-0.39, 0.29) is 19.1 Å². The molecule has 5 nitrogen and oxygen atoms in total. The normalized spacial score (nSPS) is 16.7. The van der Waals surface area contributed by atoms with E-state index in [1.807, 2.05) is 12.1 Å². The molecule has 0 saturated carbocycles. The number of nitrogens with two attached hydrogens (primary N) is 1. The number of aliphatic hydroxyl groups is 1. The Morgan fingerprint density at radius 1 is 1.17 bits per heavy atom. The molecule has 126 valence electrons. The number of nitrogens with zero attached hydrogens (tertiary/aromatic N) is 1. The van der Waals surface area contributed by atoms with Gasteiger partial charge in [-0.25, -0.2) is 0 Å². The summed E-state index contributed by atoms with van der Waals surface area (Å²) in [6.07, 6.45) is 0.882. The summed E-state index contributed by atoms with van der Waals surface area (Å²) in [5.74, 6) is 0.467. The first-order chi connectivity index (χ1) is 11.6. The molecule has 1 amide bonds. The lowest BCUT2D eigenvalue weighted by molar-refractivity contribution is -0.126. The summed E-state index contributed by atoms with van der Waals surface area (Å²) in [6.45, 7) is 2.22. The molecule has 1 heterocycles. The SMILES string of the molecule is CCc1ccc(CC2Oc3ccc(N)cc3N(CCO)C2=O)cc1. The lowest BCUT2D eigenvalue weighted by Gasteiger charge is -2.34. The Morgan fingerprint density at radius 3 is 2.54 bits per heavy atom. The number of hydrogen-bond donors (Lipinski definition) is 2. The van der Waals surface area contributed by atoms with Crippen LogP contribution in [0.4, 0.5) is 11.4 Å². The van der Waals surface area contributed by atoms with Crippen LogP contribution in [0.25, 0.3) is 0 Å². The Hall–Kier alpha value is -2.53. The van der Waals surface area contributed by atoms with Gasteiger partial charge in [-0.05, 0) is 35.7 Å². The van der Waals surface area contributed by atoms with E-state index < -0.39 is 6.10 Å². The van der Waals surface area contributed by atoms with Crippen LogP contribution in [0.5, 0.6) is 5.75 Å². The van der Waals surface area contributed by atoms with Crippen LogP contribution >= 0.6 is 0 Å². The highest BCUT2D eigenvalue weighted by atomic mass is 16.5. The number of carbonyl (C=O) groups excluding carboxylic acids is 1. The minimum atomic E-state index is -0.597. The van der Waals surface area contributed by atoms with Crippen molar-refractivity contribution in [3.8, 4) is 5.75 Å². The third kappa shape index (κ3) is 3.21. The maximum absolute atomic E-state index is 12.8. The van der Waals surface area contributed by atoms with E-state index in [1.165, 1.54) is 5.56 Å². The number of anilines is 2. The van der Waals surface area contributed by atoms with Crippen molar-refractivity contribution >= 4 is 17.3 Å². The standard InChI is InChI=1S/C19H22N2O3/c1-2-13-3-5-14(6-4-13)11-18-19(23)21(9-10-22)16-12-15(20)7-8-17(16)24-18/h3-8,12,18,22H,2,9-11,20H2,1H3. The van der Waals surface area contributed by atoms with Crippen LogP contribution in [0.3, 0.4) is 0 Å². The second-order valence-corrected chi connectivity index (χ2v) is 5.92. The lowest BCUT2D eigenvalue weighted by atomic mass is 10.0. The van der Waals surface area contributed by atoms with Crippen LogP contribution in [-0.4, -0.2) is 30.3 Å². The summed E-state index contributed by atoms with van der Waals surface area (Å²) in [6, 6.07) is 13.4.